The van der Waals surface area contributed by atoms with Gasteiger partial charge in [-0.3, -0.25) is 0 Å². The van der Waals surface area contributed by atoms with E-state index in [0.29, 0.717) is 5.69 Å². The van der Waals surface area contributed by atoms with Gasteiger partial charge in [-0.05, 0) is 25.1 Å². The monoisotopic (exact) mass is 307 g/mol. The maximum atomic E-state index is 14.1. The molecule has 2 rings (SSSR count). The van der Waals surface area contributed by atoms with Gasteiger partial charge in [-0.25, -0.2) is 9.18 Å². The summed E-state index contributed by atoms with van der Waals surface area (Å²) in [6.45, 7) is 1.96. The quantitative estimate of drug-likeness (QED) is 0.864. The molecule has 0 fully saturated rings. The highest BCUT2D eigenvalue weighted by Crippen LogP contribution is 2.27. The molecule has 0 bridgehead atoms. The zero-order chi connectivity index (χ0) is 15.4. The Morgan fingerprint density at radius 3 is 2.52 bits per heavy atom. The van der Waals surface area contributed by atoms with Crippen LogP contribution >= 0.6 is 11.6 Å². The molecule has 0 aliphatic rings. The van der Waals surface area contributed by atoms with Gasteiger partial charge < -0.3 is 10.1 Å². The zero-order valence-electron chi connectivity index (χ0n) is 11.7. The van der Waals surface area contributed by atoms with Gasteiger partial charge in [0.1, 0.15) is 5.82 Å². The van der Waals surface area contributed by atoms with Crippen molar-refractivity contribution in [2.75, 3.05) is 12.4 Å². The first-order valence-corrected chi connectivity index (χ1v) is 6.75. The maximum absolute atomic E-state index is 14.1. The molecular formula is C16H15ClFNO2. The fourth-order valence-electron chi connectivity index (χ4n) is 1.94. The van der Waals surface area contributed by atoms with E-state index in [4.69, 9.17) is 16.3 Å². The molecule has 21 heavy (non-hydrogen) atoms. The van der Waals surface area contributed by atoms with Crippen molar-refractivity contribution in [2.45, 2.75) is 13.0 Å². The summed E-state index contributed by atoms with van der Waals surface area (Å²) < 4.78 is 18.9. The molecule has 0 aliphatic heterocycles. The predicted octanol–water partition coefficient (Wildman–Crippen LogP) is 4.11. The van der Waals surface area contributed by atoms with Crippen LogP contribution in [0.5, 0.6) is 0 Å². The number of carbonyl (C=O) groups excluding carboxylic acids is 1. The van der Waals surface area contributed by atoms with E-state index < -0.39 is 17.8 Å². The zero-order valence-corrected chi connectivity index (χ0v) is 12.4. The van der Waals surface area contributed by atoms with Crippen molar-refractivity contribution in [3.05, 3.63) is 64.4 Å². The largest absolute Gasteiger partial charge is 0.467 e. The van der Waals surface area contributed by atoms with Gasteiger partial charge in [0, 0.05) is 11.3 Å². The third kappa shape index (κ3) is 3.52. The lowest BCUT2D eigenvalue weighted by atomic mass is 10.1. The Morgan fingerprint density at radius 1 is 1.24 bits per heavy atom. The molecular weight excluding hydrogens is 293 g/mol. The molecule has 0 amide bonds. The lowest BCUT2D eigenvalue weighted by Gasteiger charge is -2.19. The molecule has 2 aromatic rings. The highest BCUT2D eigenvalue weighted by molar-refractivity contribution is 6.30. The summed E-state index contributed by atoms with van der Waals surface area (Å²) in [7, 11) is 1.26. The van der Waals surface area contributed by atoms with Gasteiger partial charge in [-0.2, -0.15) is 0 Å². The van der Waals surface area contributed by atoms with Gasteiger partial charge >= 0.3 is 5.97 Å². The van der Waals surface area contributed by atoms with Gasteiger partial charge in [0.15, 0.2) is 6.04 Å². The molecule has 110 valence electrons. The van der Waals surface area contributed by atoms with Crippen molar-refractivity contribution < 1.29 is 13.9 Å². The number of anilines is 1. The van der Waals surface area contributed by atoms with Crippen LogP contribution in [0, 0.1) is 12.7 Å². The first-order chi connectivity index (χ1) is 10.0. The Balaban J connectivity index is 2.37. The van der Waals surface area contributed by atoms with Gasteiger partial charge in [-0.1, -0.05) is 41.4 Å². The summed E-state index contributed by atoms with van der Waals surface area (Å²) in [5.41, 5.74) is 1.93. The van der Waals surface area contributed by atoms with Crippen molar-refractivity contribution in [3.63, 3.8) is 0 Å². The van der Waals surface area contributed by atoms with E-state index >= 15 is 0 Å². The van der Waals surface area contributed by atoms with Gasteiger partial charge in [0.05, 0.1) is 12.1 Å². The lowest BCUT2D eigenvalue weighted by Crippen LogP contribution is -2.23. The fourth-order valence-corrected chi connectivity index (χ4v) is 2.12. The average molecular weight is 308 g/mol. The molecule has 0 radical (unpaired) electrons. The van der Waals surface area contributed by atoms with E-state index in [-0.39, 0.29) is 10.6 Å². The Morgan fingerprint density at radius 2 is 1.90 bits per heavy atom. The number of hydrogen-bond donors (Lipinski definition) is 1. The molecule has 3 nitrogen and oxygen atoms in total. The highest BCUT2D eigenvalue weighted by atomic mass is 35.5. The number of hydrogen-bond acceptors (Lipinski definition) is 3. The molecule has 1 unspecified atom stereocenters. The van der Waals surface area contributed by atoms with E-state index in [1.807, 2.05) is 31.2 Å². The Bertz CT molecular complexity index is 643. The number of nitrogens with one attached hydrogen (secondary N) is 1. The van der Waals surface area contributed by atoms with Crippen molar-refractivity contribution >= 4 is 23.3 Å². The number of esters is 1. The van der Waals surface area contributed by atoms with Crippen LogP contribution in [0.25, 0.3) is 0 Å². The van der Waals surface area contributed by atoms with Crippen LogP contribution in [0.1, 0.15) is 17.2 Å². The number of rotatable bonds is 4. The summed E-state index contributed by atoms with van der Waals surface area (Å²) >= 11 is 5.77. The molecule has 0 saturated heterocycles. The van der Waals surface area contributed by atoms with E-state index in [1.54, 1.807) is 6.07 Å². The third-order valence-electron chi connectivity index (χ3n) is 3.09. The number of benzene rings is 2. The van der Waals surface area contributed by atoms with Gasteiger partial charge in [0.2, 0.25) is 0 Å². The minimum atomic E-state index is -0.962. The van der Waals surface area contributed by atoms with Crippen molar-refractivity contribution in [2.24, 2.45) is 0 Å². The molecule has 1 atom stereocenters. The van der Waals surface area contributed by atoms with Crippen LogP contribution in [0.3, 0.4) is 0 Å². The average Bonchev–Trinajstić information content (AvgIpc) is 2.49. The number of carbonyl (C=O) groups is 1. The van der Waals surface area contributed by atoms with E-state index in [0.717, 1.165) is 5.56 Å². The second kappa shape index (κ2) is 6.59. The number of methoxy groups -OCH3 is 1. The van der Waals surface area contributed by atoms with Crippen LogP contribution in [-0.2, 0) is 9.53 Å². The predicted molar refractivity (Wildman–Crippen MR) is 81.0 cm³/mol. The SMILES string of the molecule is COC(=O)C(Nc1ccc(C)cc1)c1cccc(Cl)c1F. The molecule has 2 aromatic carbocycles. The highest BCUT2D eigenvalue weighted by Gasteiger charge is 2.25. The normalized spacial score (nSPS) is 11.8. The molecule has 0 aliphatic carbocycles. The minimum absolute atomic E-state index is 0.0351. The summed E-state index contributed by atoms with van der Waals surface area (Å²) in [4.78, 5) is 12.0. The lowest BCUT2D eigenvalue weighted by molar-refractivity contribution is -0.141. The van der Waals surface area contributed by atoms with E-state index in [1.165, 1.54) is 19.2 Å². The first-order valence-electron chi connectivity index (χ1n) is 6.38. The number of halogens is 2. The molecule has 0 saturated carbocycles. The minimum Gasteiger partial charge on any atom is -0.467 e. The van der Waals surface area contributed by atoms with Crippen molar-refractivity contribution in [1.82, 2.24) is 0 Å². The molecule has 0 spiro atoms. The second-order valence-corrected chi connectivity index (χ2v) is 5.02. The summed E-state index contributed by atoms with van der Waals surface area (Å²) in [6, 6.07) is 11.0. The topological polar surface area (TPSA) is 38.3 Å². The number of aryl methyl sites for hydroxylation is 1. The third-order valence-corrected chi connectivity index (χ3v) is 3.38. The first kappa shape index (κ1) is 15.3. The molecule has 0 heterocycles. The van der Waals surface area contributed by atoms with Crippen LogP contribution in [0.15, 0.2) is 42.5 Å². The Labute approximate surface area is 127 Å². The standard InChI is InChI=1S/C16H15ClFNO2/c1-10-6-8-11(9-7-10)19-15(16(20)21-2)12-4-3-5-13(17)14(12)18/h3-9,15,19H,1-2H3. The summed E-state index contributed by atoms with van der Waals surface area (Å²) in [5, 5.41) is 2.93. The van der Waals surface area contributed by atoms with Gasteiger partial charge in [-0.15, -0.1) is 0 Å². The molecule has 5 heteroatoms. The Kier molecular flexibility index (Phi) is 4.81. The van der Waals surface area contributed by atoms with Crippen LogP contribution in [0.2, 0.25) is 5.02 Å². The summed E-state index contributed by atoms with van der Waals surface area (Å²) in [5.74, 6) is -1.22. The van der Waals surface area contributed by atoms with Crippen LogP contribution in [0.4, 0.5) is 10.1 Å². The van der Waals surface area contributed by atoms with E-state index in [9.17, 15) is 9.18 Å². The fraction of sp³-hybridized carbons (Fsp3) is 0.188. The summed E-state index contributed by atoms with van der Waals surface area (Å²) in [6.07, 6.45) is 0. The van der Waals surface area contributed by atoms with Gasteiger partial charge in [0.25, 0.3) is 0 Å². The van der Waals surface area contributed by atoms with E-state index in [2.05, 4.69) is 5.32 Å². The number of ether oxygens (including phenoxy) is 1. The molecule has 0 aromatic heterocycles. The maximum Gasteiger partial charge on any atom is 0.333 e. The van der Waals surface area contributed by atoms with Crippen LogP contribution in [-0.4, -0.2) is 13.1 Å². The van der Waals surface area contributed by atoms with Crippen molar-refractivity contribution in [3.8, 4) is 0 Å². The molecule has 1 N–H and O–H groups in total. The van der Waals surface area contributed by atoms with Crippen LogP contribution < -0.4 is 5.32 Å². The smallest absolute Gasteiger partial charge is 0.333 e. The van der Waals surface area contributed by atoms with Crippen molar-refractivity contribution in [1.29, 1.82) is 0 Å². The Hall–Kier alpha value is -2.07. The second-order valence-electron chi connectivity index (χ2n) is 4.61.